The summed E-state index contributed by atoms with van der Waals surface area (Å²) < 4.78 is 0. The second kappa shape index (κ2) is 27.9. The zero-order chi connectivity index (χ0) is 51.4. The third-order valence-electron chi connectivity index (χ3n) is 14.2. The van der Waals surface area contributed by atoms with Gasteiger partial charge < -0.3 is 57.7 Å². The smallest absolute Gasteiger partial charge is 0.243 e. The van der Waals surface area contributed by atoms with E-state index < -0.39 is 64.4 Å². The fourth-order valence-corrected chi connectivity index (χ4v) is 9.18. The van der Waals surface area contributed by atoms with Crippen molar-refractivity contribution in [1.29, 1.82) is 0 Å². The van der Waals surface area contributed by atoms with Crippen LogP contribution in [-0.4, -0.2) is 161 Å². The van der Waals surface area contributed by atoms with E-state index >= 15 is 0 Å². The molecule has 0 aromatic rings. The van der Waals surface area contributed by atoms with Crippen molar-refractivity contribution in [1.82, 2.24) is 57.7 Å². The summed E-state index contributed by atoms with van der Waals surface area (Å²) in [6.45, 7) is 13.8. The molecule has 3 rings (SSSR count). The van der Waals surface area contributed by atoms with Crippen molar-refractivity contribution in [2.45, 2.75) is 168 Å². The Kier molecular flexibility index (Phi) is 23.8. The van der Waals surface area contributed by atoms with E-state index in [0.29, 0.717) is 37.8 Å². The molecule has 3 aliphatic rings. The van der Waals surface area contributed by atoms with Crippen LogP contribution in [0.3, 0.4) is 0 Å². The number of likely N-dealkylation sites (tertiary alicyclic amines) is 1. The van der Waals surface area contributed by atoms with Crippen LogP contribution in [0.1, 0.15) is 145 Å². The third-order valence-corrected chi connectivity index (χ3v) is 14.2. The van der Waals surface area contributed by atoms with Gasteiger partial charge in [-0.1, -0.05) is 45.4 Å². The molecular weight excluding hydrogens is 883 g/mol. The molecule has 2 saturated carbocycles. The first kappa shape index (κ1) is 59.0. The standard InChI is InChI=1S/C50H91N11O8/c1-11-17-38(58-46(69)49(6,7)32-56-40(63)29-53-42(65)37(22-21-35-18-13-12-14-19-35)52-28-36-20-15-27-61(36)10)43(66)54-30-41(64)55-31-47(2,3)45(68)57-33-48(4,5)44(67)51-26-23-39(62)59-50(24-16-25-50)34-60(8)9/h35-38,52H,11-34H2,1-10H3,(H,51,67)(H,53,65)(H,54,66)(H,55,64)(H,56,63)(H,57,68)(H,58,69)(H,59,62). The zero-order valence-electron chi connectivity index (χ0n) is 43.9. The molecule has 19 nitrogen and oxygen atoms in total. The molecule has 0 radical (unpaired) electrons. The van der Waals surface area contributed by atoms with Crippen molar-refractivity contribution >= 4 is 47.3 Å². The Hall–Kier alpha value is -4.36. The van der Waals surface area contributed by atoms with Crippen LogP contribution in [0.15, 0.2) is 0 Å². The van der Waals surface area contributed by atoms with Crippen molar-refractivity contribution in [3.05, 3.63) is 0 Å². The average Bonchev–Trinajstić information content (AvgIpc) is 3.70. The summed E-state index contributed by atoms with van der Waals surface area (Å²) in [6.07, 6.45) is 14.0. The van der Waals surface area contributed by atoms with Crippen molar-refractivity contribution in [3.63, 3.8) is 0 Å². The van der Waals surface area contributed by atoms with Crippen molar-refractivity contribution in [2.75, 3.05) is 80.0 Å². The second-order valence-corrected chi connectivity index (χ2v) is 22.4. The summed E-state index contributed by atoms with van der Waals surface area (Å²) in [4.78, 5) is 109. The fourth-order valence-electron chi connectivity index (χ4n) is 9.18. The largest absolute Gasteiger partial charge is 0.355 e. The molecule has 0 aromatic heterocycles. The number of carbonyl (C=O) groups excluding carboxylic acids is 8. The van der Waals surface area contributed by atoms with Crippen molar-refractivity contribution in [3.8, 4) is 0 Å². The number of carbonyl (C=O) groups is 8. The van der Waals surface area contributed by atoms with Crippen LogP contribution in [0.2, 0.25) is 0 Å². The maximum Gasteiger partial charge on any atom is 0.243 e. The van der Waals surface area contributed by atoms with Gasteiger partial charge in [-0.2, -0.15) is 0 Å². The molecule has 0 bridgehead atoms. The lowest BCUT2D eigenvalue weighted by molar-refractivity contribution is -0.135. The van der Waals surface area contributed by atoms with E-state index in [0.717, 1.165) is 51.6 Å². The number of likely N-dealkylation sites (N-methyl/N-ethyl adjacent to an activating group) is 2. The Morgan fingerprint density at radius 2 is 1.19 bits per heavy atom. The maximum absolute atomic E-state index is 13.5. The monoisotopic (exact) mass is 974 g/mol. The molecule has 1 saturated heterocycles. The zero-order valence-corrected chi connectivity index (χ0v) is 43.9. The minimum atomic E-state index is -1.12. The van der Waals surface area contributed by atoms with E-state index in [1.165, 1.54) is 32.1 Å². The van der Waals surface area contributed by atoms with Gasteiger partial charge in [0.25, 0.3) is 0 Å². The SMILES string of the molecule is CCCC(NC(=O)C(C)(C)CNC(=O)CNC(=O)C(CCC1CCCCC1)NCC1CCCN1C)C(=O)NCC(=O)NCC(C)(C)C(=O)NCC(C)(C)C(=O)NCCC(=O)NC1(CN(C)C)CCC1. The first-order chi connectivity index (χ1) is 32.4. The molecular formula is C50H91N11O8. The molecule has 0 aromatic carbocycles. The third kappa shape index (κ3) is 20.5. The van der Waals surface area contributed by atoms with E-state index in [1.54, 1.807) is 41.5 Å². The Morgan fingerprint density at radius 3 is 1.71 bits per heavy atom. The lowest BCUT2D eigenvalue weighted by Crippen LogP contribution is -2.59. The average molecular weight is 974 g/mol. The minimum Gasteiger partial charge on any atom is -0.355 e. The quantitative estimate of drug-likeness (QED) is 0.0499. The first-order valence-electron chi connectivity index (χ1n) is 25.7. The van der Waals surface area contributed by atoms with Gasteiger partial charge in [0.1, 0.15) is 6.04 Å². The summed E-state index contributed by atoms with van der Waals surface area (Å²) >= 11 is 0. The molecule has 3 atom stereocenters. The Morgan fingerprint density at radius 1 is 0.638 bits per heavy atom. The summed E-state index contributed by atoms with van der Waals surface area (Å²) in [5.74, 6) is -2.40. The lowest BCUT2D eigenvalue weighted by Gasteiger charge is -2.44. The predicted octanol–water partition coefficient (Wildman–Crippen LogP) is 1.45. The van der Waals surface area contributed by atoms with E-state index in [9.17, 15) is 38.4 Å². The van der Waals surface area contributed by atoms with Gasteiger partial charge in [-0.05, 0) is 127 Å². The number of amides is 8. The molecule has 1 heterocycles. The Balaban J connectivity index is 1.38. The van der Waals surface area contributed by atoms with E-state index in [-0.39, 0.29) is 62.4 Å². The lowest BCUT2D eigenvalue weighted by atomic mass is 9.76. The summed E-state index contributed by atoms with van der Waals surface area (Å²) in [5, 5.41) is 25.9. The van der Waals surface area contributed by atoms with Gasteiger partial charge in [0.2, 0.25) is 47.3 Å². The van der Waals surface area contributed by atoms with E-state index in [1.807, 2.05) is 21.0 Å². The van der Waals surface area contributed by atoms with Crippen LogP contribution < -0.4 is 47.9 Å². The highest BCUT2D eigenvalue weighted by Gasteiger charge is 2.39. The highest BCUT2D eigenvalue weighted by Crippen LogP contribution is 2.32. The second-order valence-electron chi connectivity index (χ2n) is 22.4. The van der Waals surface area contributed by atoms with Gasteiger partial charge >= 0.3 is 0 Å². The van der Waals surface area contributed by atoms with Crippen molar-refractivity contribution in [2.24, 2.45) is 22.2 Å². The van der Waals surface area contributed by atoms with E-state index in [2.05, 4.69) is 64.7 Å². The first-order valence-corrected chi connectivity index (χ1v) is 25.7. The predicted molar refractivity (Wildman–Crippen MR) is 267 cm³/mol. The maximum atomic E-state index is 13.5. The summed E-state index contributed by atoms with van der Waals surface area (Å²) in [5.41, 5.74) is -3.38. The molecule has 8 amide bonds. The summed E-state index contributed by atoms with van der Waals surface area (Å²) in [7, 11) is 6.06. The number of hydrogen-bond donors (Lipinski definition) is 9. The summed E-state index contributed by atoms with van der Waals surface area (Å²) in [6, 6.07) is -0.963. The molecule has 0 spiro atoms. The number of hydrogen-bond acceptors (Lipinski definition) is 11. The highest BCUT2D eigenvalue weighted by molar-refractivity contribution is 5.93. The van der Waals surface area contributed by atoms with Crippen LogP contribution in [0.25, 0.3) is 0 Å². The molecule has 3 fully saturated rings. The van der Waals surface area contributed by atoms with Gasteiger partial charge in [-0.25, -0.2) is 0 Å². The Labute approximate surface area is 412 Å². The number of nitrogens with one attached hydrogen (secondary N) is 9. The van der Waals surface area contributed by atoms with Crippen LogP contribution in [-0.2, 0) is 38.4 Å². The number of rotatable bonds is 30. The normalized spacial score (nSPS) is 18.5. The van der Waals surface area contributed by atoms with Gasteiger partial charge in [0.15, 0.2) is 0 Å². The molecule has 2 aliphatic carbocycles. The Bertz CT molecular complexity index is 1730. The van der Waals surface area contributed by atoms with Gasteiger partial charge in [0.05, 0.1) is 40.9 Å². The highest BCUT2D eigenvalue weighted by atomic mass is 16.2. The minimum absolute atomic E-state index is 0.0203. The molecule has 19 heteroatoms. The van der Waals surface area contributed by atoms with Gasteiger partial charge in [-0.15, -0.1) is 0 Å². The topological polar surface area (TPSA) is 251 Å². The fraction of sp³-hybridized carbons (Fsp3) is 0.840. The van der Waals surface area contributed by atoms with Crippen LogP contribution in [0.5, 0.6) is 0 Å². The van der Waals surface area contributed by atoms with Crippen LogP contribution in [0.4, 0.5) is 0 Å². The van der Waals surface area contributed by atoms with Crippen LogP contribution in [0, 0.1) is 22.2 Å². The molecule has 1 aliphatic heterocycles. The molecule has 69 heavy (non-hydrogen) atoms. The molecule has 9 N–H and O–H groups in total. The van der Waals surface area contributed by atoms with E-state index in [4.69, 9.17) is 0 Å². The van der Waals surface area contributed by atoms with Crippen molar-refractivity contribution < 1.29 is 38.4 Å². The molecule has 394 valence electrons. The number of nitrogens with zero attached hydrogens (tertiary/aromatic N) is 2. The van der Waals surface area contributed by atoms with Gasteiger partial charge in [0, 0.05) is 51.7 Å². The van der Waals surface area contributed by atoms with Gasteiger partial charge in [-0.3, -0.25) is 38.4 Å². The molecule has 3 unspecified atom stereocenters. The van der Waals surface area contributed by atoms with Crippen LogP contribution >= 0.6 is 0 Å².